The molecule has 0 bridgehead atoms. The van der Waals surface area contributed by atoms with Crippen molar-refractivity contribution in [2.45, 2.75) is 31.3 Å². The van der Waals surface area contributed by atoms with Crippen LogP contribution in [0.5, 0.6) is 0 Å². The number of halogens is 1. The van der Waals surface area contributed by atoms with Crippen LogP contribution in [0.3, 0.4) is 0 Å². The molecule has 0 aromatic heterocycles. The van der Waals surface area contributed by atoms with Gasteiger partial charge in [0.15, 0.2) is 0 Å². The molecule has 0 radical (unpaired) electrons. The van der Waals surface area contributed by atoms with Gasteiger partial charge in [-0.1, -0.05) is 15.9 Å². The van der Waals surface area contributed by atoms with Gasteiger partial charge in [0.25, 0.3) is 0 Å². The third-order valence-electron chi connectivity index (χ3n) is 3.62. The zero-order chi connectivity index (χ0) is 14.7. The van der Waals surface area contributed by atoms with E-state index in [0.29, 0.717) is 19.1 Å². The molecule has 0 spiro atoms. The highest BCUT2D eigenvalue weighted by molar-refractivity contribution is 9.10. The van der Waals surface area contributed by atoms with Crippen LogP contribution in [0, 0.1) is 0 Å². The van der Waals surface area contributed by atoms with Crippen molar-refractivity contribution in [1.29, 1.82) is 0 Å². The summed E-state index contributed by atoms with van der Waals surface area (Å²) in [7, 11) is 0. The number of hydrogen-bond donors (Lipinski definition) is 3. The second kappa shape index (κ2) is 6.77. The lowest BCUT2D eigenvalue weighted by molar-refractivity contribution is -0.117. The lowest BCUT2D eigenvalue weighted by atomic mass is 10.2. The van der Waals surface area contributed by atoms with Gasteiger partial charge < -0.3 is 20.7 Å². The van der Waals surface area contributed by atoms with Gasteiger partial charge in [-0.25, -0.2) is 0 Å². The Morgan fingerprint density at radius 1 is 1.38 bits per heavy atom. The first-order chi connectivity index (χ1) is 10.2. The SMILES string of the molecule is O=C(CC1COCCN1)Nc1cc(Br)ccc1NC1CC1. The van der Waals surface area contributed by atoms with Gasteiger partial charge in [0.1, 0.15) is 0 Å². The van der Waals surface area contributed by atoms with E-state index in [2.05, 4.69) is 31.9 Å². The maximum absolute atomic E-state index is 12.2. The number of nitrogens with one attached hydrogen (secondary N) is 3. The summed E-state index contributed by atoms with van der Waals surface area (Å²) in [6, 6.07) is 6.57. The van der Waals surface area contributed by atoms with Crippen LogP contribution >= 0.6 is 15.9 Å². The van der Waals surface area contributed by atoms with Gasteiger partial charge in [0.2, 0.25) is 5.91 Å². The number of ether oxygens (including phenoxy) is 1. The molecule has 3 rings (SSSR count). The molecule has 5 nitrogen and oxygen atoms in total. The largest absolute Gasteiger partial charge is 0.381 e. The zero-order valence-electron chi connectivity index (χ0n) is 11.8. The van der Waals surface area contributed by atoms with Gasteiger partial charge in [-0.2, -0.15) is 0 Å². The summed E-state index contributed by atoms with van der Waals surface area (Å²) in [5, 5.41) is 9.74. The fourth-order valence-corrected chi connectivity index (χ4v) is 2.73. The van der Waals surface area contributed by atoms with Crippen LogP contribution in [0.15, 0.2) is 22.7 Å². The first-order valence-electron chi connectivity index (χ1n) is 7.38. The molecule has 1 atom stereocenters. The summed E-state index contributed by atoms with van der Waals surface area (Å²) >= 11 is 3.46. The van der Waals surface area contributed by atoms with Crippen LogP contribution in [0.4, 0.5) is 11.4 Å². The van der Waals surface area contributed by atoms with E-state index in [0.717, 1.165) is 29.0 Å². The summed E-state index contributed by atoms with van der Waals surface area (Å²) in [4.78, 5) is 12.2. The smallest absolute Gasteiger partial charge is 0.226 e. The van der Waals surface area contributed by atoms with Crippen molar-refractivity contribution in [2.24, 2.45) is 0 Å². The molecule has 1 aliphatic carbocycles. The molecule has 1 aromatic carbocycles. The maximum atomic E-state index is 12.2. The molecular formula is C15H20BrN3O2. The molecule has 1 unspecified atom stereocenters. The van der Waals surface area contributed by atoms with E-state index in [-0.39, 0.29) is 11.9 Å². The Hall–Kier alpha value is -1.11. The van der Waals surface area contributed by atoms with Gasteiger partial charge in [-0.3, -0.25) is 4.79 Å². The van der Waals surface area contributed by atoms with Crippen molar-refractivity contribution < 1.29 is 9.53 Å². The minimum atomic E-state index is 0.00921. The Labute approximate surface area is 132 Å². The average Bonchev–Trinajstić information content (AvgIpc) is 3.27. The minimum absolute atomic E-state index is 0.00921. The predicted molar refractivity (Wildman–Crippen MR) is 86.6 cm³/mol. The quantitative estimate of drug-likeness (QED) is 0.760. The molecule has 1 heterocycles. The number of carbonyl (C=O) groups excluding carboxylic acids is 1. The molecule has 1 aromatic rings. The van der Waals surface area contributed by atoms with E-state index in [1.165, 1.54) is 12.8 Å². The van der Waals surface area contributed by atoms with Crippen molar-refractivity contribution in [3.05, 3.63) is 22.7 Å². The molecule has 2 fully saturated rings. The molecule has 1 aliphatic heterocycles. The fourth-order valence-electron chi connectivity index (χ4n) is 2.37. The van der Waals surface area contributed by atoms with E-state index in [9.17, 15) is 4.79 Å². The molecule has 1 saturated heterocycles. The van der Waals surface area contributed by atoms with Gasteiger partial charge in [-0.15, -0.1) is 0 Å². The number of carbonyl (C=O) groups is 1. The number of rotatable bonds is 5. The number of hydrogen-bond acceptors (Lipinski definition) is 4. The highest BCUT2D eigenvalue weighted by Crippen LogP contribution is 2.31. The second-order valence-electron chi connectivity index (χ2n) is 5.59. The zero-order valence-corrected chi connectivity index (χ0v) is 13.4. The van der Waals surface area contributed by atoms with Crippen LogP contribution < -0.4 is 16.0 Å². The Morgan fingerprint density at radius 3 is 2.95 bits per heavy atom. The first-order valence-corrected chi connectivity index (χ1v) is 8.17. The highest BCUT2D eigenvalue weighted by Gasteiger charge is 2.23. The van der Waals surface area contributed by atoms with Gasteiger partial charge in [-0.05, 0) is 31.0 Å². The maximum Gasteiger partial charge on any atom is 0.226 e. The third-order valence-corrected chi connectivity index (χ3v) is 4.12. The van der Waals surface area contributed by atoms with Gasteiger partial charge in [0, 0.05) is 29.5 Å². The first kappa shape index (κ1) is 14.8. The average molecular weight is 354 g/mol. The van der Waals surface area contributed by atoms with Crippen molar-refractivity contribution >= 4 is 33.2 Å². The van der Waals surface area contributed by atoms with E-state index in [1.54, 1.807) is 0 Å². The number of amides is 1. The molecule has 2 aliphatic rings. The van der Waals surface area contributed by atoms with E-state index in [4.69, 9.17) is 4.74 Å². The predicted octanol–water partition coefficient (Wildman–Crippen LogP) is 2.34. The molecule has 114 valence electrons. The summed E-state index contributed by atoms with van der Waals surface area (Å²) < 4.78 is 6.33. The summed E-state index contributed by atoms with van der Waals surface area (Å²) in [6.07, 6.45) is 2.83. The number of morpholine rings is 1. The van der Waals surface area contributed by atoms with Crippen molar-refractivity contribution in [1.82, 2.24) is 5.32 Å². The molecule has 6 heteroatoms. The molecule has 1 saturated carbocycles. The van der Waals surface area contributed by atoms with Crippen LogP contribution in [-0.2, 0) is 9.53 Å². The molecule has 3 N–H and O–H groups in total. The third kappa shape index (κ3) is 4.43. The summed E-state index contributed by atoms with van der Waals surface area (Å²) in [6.45, 7) is 2.13. The highest BCUT2D eigenvalue weighted by atomic mass is 79.9. The van der Waals surface area contributed by atoms with Crippen molar-refractivity contribution in [2.75, 3.05) is 30.4 Å². The standard InChI is InChI=1S/C15H20BrN3O2/c16-10-1-4-13(18-11-2-3-11)14(7-10)19-15(20)8-12-9-21-6-5-17-12/h1,4,7,11-12,17-18H,2-3,5-6,8-9H2,(H,19,20). The van der Waals surface area contributed by atoms with Gasteiger partial charge >= 0.3 is 0 Å². The Bertz CT molecular complexity index is 514. The lowest BCUT2D eigenvalue weighted by Gasteiger charge is -2.23. The normalized spacial score (nSPS) is 21.9. The van der Waals surface area contributed by atoms with E-state index >= 15 is 0 Å². The Morgan fingerprint density at radius 2 is 2.24 bits per heavy atom. The lowest BCUT2D eigenvalue weighted by Crippen LogP contribution is -2.43. The topological polar surface area (TPSA) is 62.4 Å². The monoisotopic (exact) mass is 353 g/mol. The Kier molecular flexibility index (Phi) is 4.77. The Balaban J connectivity index is 1.62. The minimum Gasteiger partial charge on any atom is -0.381 e. The van der Waals surface area contributed by atoms with Crippen LogP contribution in [-0.4, -0.2) is 37.7 Å². The molecular weight excluding hydrogens is 334 g/mol. The van der Waals surface area contributed by atoms with Crippen molar-refractivity contribution in [3.8, 4) is 0 Å². The molecule has 1 amide bonds. The van der Waals surface area contributed by atoms with Crippen LogP contribution in [0.25, 0.3) is 0 Å². The second-order valence-corrected chi connectivity index (χ2v) is 6.50. The number of benzene rings is 1. The number of anilines is 2. The van der Waals surface area contributed by atoms with Crippen LogP contribution in [0.1, 0.15) is 19.3 Å². The molecule has 21 heavy (non-hydrogen) atoms. The van der Waals surface area contributed by atoms with Gasteiger partial charge in [0.05, 0.1) is 24.6 Å². The fraction of sp³-hybridized carbons (Fsp3) is 0.533. The van der Waals surface area contributed by atoms with Crippen LogP contribution in [0.2, 0.25) is 0 Å². The van der Waals surface area contributed by atoms with Crippen molar-refractivity contribution in [3.63, 3.8) is 0 Å². The van der Waals surface area contributed by atoms with E-state index in [1.807, 2.05) is 18.2 Å². The van der Waals surface area contributed by atoms with E-state index < -0.39 is 0 Å². The summed E-state index contributed by atoms with van der Waals surface area (Å²) in [5.41, 5.74) is 1.82. The summed E-state index contributed by atoms with van der Waals surface area (Å²) in [5.74, 6) is 0.00921.